The summed E-state index contributed by atoms with van der Waals surface area (Å²) in [4.78, 5) is 0. The van der Waals surface area contributed by atoms with Crippen LogP contribution in [0.25, 0.3) is 49.4 Å². The molecule has 31 heavy (non-hydrogen) atoms. The lowest BCUT2D eigenvalue weighted by atomic mass is 9.94. The lowest BCUT2D eigenvalue weighted by Crippen LogP contribution is -1.94. The normalized spacial score (nSPS) is 13.5. The summed E-state index contributed by atoms with van der Waals surface area (Å²) in [6.07, 6.45) is 4.30. The van der Waals surface area contributed by atoms with Crippen LogP contribution >= 0.6 is 0 Å². The van der Waals surface area contributed by atoms with E-state index in [-0.39, 0.29) is 0 Å². The quantitative estimate of drug-likeness (QED) is 0.237. The van der Waals surface area contributed by atoms with Gasteiger partial charge >= 0.3 is 0 Å². The van der Waals surface area contributed by atoms with Crippen molar-refractivity contribution < 1.29 is 0 Å². The molecule has 1 nitrogen and oxygen atoms in total. The predicted octanol–water partition coefficient (Wildman–Crippen LogP) is 7.39. The first-order valence-corrected chi connectivity index (χ1v) is 11.0. The van der Waals surface area contributed by atoms with Crippen molar-refractivity contribution >= 4 is 27.2 Å². The third-order valence-corrected chi connectivity index (χ3v) is 7.42. The van der Waals surface area contributed by atoms with Crippen molar-refractivity contribution in [2.75, 3.05) is 0 Å². The lowest BCUT2D eigenvalue weighted by Gasteiger charge is -2.15. The summed E-state index contributed by atoms with van der Waals surface area (Å²) >= 11 is 0. The second-order valence-corrected chi connectivity index (χ2v) is 8.98. The molecule has 0 radical (unpaired) electrons. The number of pyridine rings is 1. The van der Waals surface area contributed by atoms with Crippen molar-refractivity contribution in [1.29, 1.82) is 0 Å². The number of hydrogen-bond acceptors (Lipinski definition) is 0. The highest BCUT2D eigenvalue weighted by molar-refractivity contribution is 6.18. The molecule has 6 aromatic rings. The summed E-state index contributed by atoms with van der Waals surface area (Å²) in [5.41, 5.74) is 14.0. The third-order valence-electron chi connectivity index (χ3n) is 7.42. The third kappa shape index (κ3) is 1.92. The fraction of sp³-hybridized carbons (Fsp3) is 0.0667. The van der Waals surface area contributed by atoms with Crippen LogP contribution in [0.15, 0.2) is 91.1 Å². The SMILES string of the molecule is c1ccc2c(c1)Cc1cc3c(cc1-2)c1ccc2c(c1n1cccc31)-c1ccccc1C2. The number of fused-ring (bicyclic) bond motifs is 13. The smallest absolute Gasteiger partial charge is 0.0615 e. The van der Waals surface area contributed by atoms with Crippen molar-refractivity contribution in [2.24, 2.45) is 0 Å². The molecule has 2 aromatic heterocycles. The van der Waals surface area contributed by atoms with E-state index in [9.17, 15) is 0 Å². The van der Waals surface area contributed by atoms with Crippen LogP contribution in [0.3, 0.4) is 0 Å². The molecule has 0 unspecified atom stereocenters. The van der Waals surface area contributed by atoms with Gasteiger partial charge in [0.15, 0.2) is 0 Å². The molecule has 2 heterocycles. The summed E-state index contributed by atoms with van der Waals surface area (Å²) in [6, 6.07) is 31.8. The van der Waals surface area contributed by atoms with Crippen LogP contribution in [-0.2, 0) is 12.8 Å². The molecule has 0 saturated heterocycles. The van der Waals surface area contributed by atoms with Crippen molar-refractivity contribution in [3.63, 3.8) is 0 Å². The Bertz CT molecular complexity index is 1730. The molecule has 0 fully saturated rings. The highest BCUT2D eigenvalue weighted by atomic mass is 14.9. The maximum atomic E-state index is 2.46. The fourth-order valence-electron chi connectivity index (χ4n) is 6.09. The van der Waals surface area contributed by atoms with Crippen molar-refractivity contribution in [3.8, 4) is 22.3 Å². The molecule has 0 bridgehead atoms. The Morgan fingerprint density at radius 1 is 0.516 bits per heavy atom. The average molecular weight is 393 g/mol. The van der Waals surface area contributed by atoms with Gasteiger partial charge in [0.1, 0.15) is 0 Å². The van der Waals surface area contributed by atoms with Gasteiger partial charge in [-0.3, -0.25) is 0 Å². The van der Waals surface area contributed by atoms with Gasteiger partial charge in [-0.05, 0) is 81.4 Å². The Labute approximate surface area is 180 Å². The Morgan fingerprint density at radius 2 is 1.29 bits per heavy atom. The second-order valence-electron chi connectivity index (χ2n) is 8.98. The molecule has 1 heteroatoms. The fourth-order valence-corrected chi connectivity index (χ4v) is 6.09. The number of benzene rings is 4. The molecule has 2 aliphatic carbocycles. The highest BCUT2D eigenvalue weighted by Crippen LogP contribution is 2.46. The number of rotatable bonds is 0. The predicted molar refractivity (Wildman–Crippen MR) is 129 cm³/mol. The molecule has 8 rings (SSSR count). The van der Waals surface area contributed by atoms with Crippen LogP contribution in [0.5, 0.6) is 0 Å². The molecule has 0 N–H and O–H groups in total. The largest absolute Gasteiger partial charge is 0.315 e. The van der Waals surface area contributed by atoms with E-state index in [2.05, 4.69) is 95.5 Å². The molecule has 0 saturated carbocycles. The van der Waals surface area contributed by atoms with E-state index in [1.54, 1.807) is 0 Å². The minimum Gasteiger partial charge on any atom is -0.315 e. The first kappa shape index (κ1) is 15.9. The van der Waals surface area contributed by atoms with Crippen LogP contribution in [0.2, 0.25) is 0 Å². The summed E-state index contributed by atoms with van der Waals surface area (Å²) in [6.45, 7) is 0. The second kappa shape index (κ2) is 5.44. The van der Waals surface area contributed by atoms with Crippen LogP contribution in [0, 0.1) is 0 Å². The monoisotopic (exact) mass is 393 g/mol. The Hall–Kier alpha value is -3.84. The van der Waals surface area contributed by atoms with E-state index in [4.69, 9.17) is 0 Å². The molecule has 0 amide bonds. The van der Waals surface area contributed by atoms with Crippen molar-refractivity contribution in [3.05, 3.63) is 113 Å². The highest BCUT2D eigenvalue weighted by Gasteiger charge is 2.25. The van der Waals surface area contributed by atoms with Gasteiger partial charge in [0, 0.05) is 22.5 Å². The zero-order valence-electron chi connectivity index (χ0n) is 17.0. The van der Waals surface area contributed by atoms with E-state index in [0.717, 1.165) is 12.8 Å². The van der Waals surface area contributed by atoms with Gasteiger partial charge in [0.25, 0.3) is 0 Å². The van der Waals surface area contributed by atoms with Gasteiger partial charge in [0.2, 0.25) is 0 Å². The first-order valence-electron chi connectivity index (χ1n) is 11.0. The molecule has 0 spiro atoms. The first-order chi connectivity index (χ1) is 15.4. The van der Waals surface area contributed by atoms with Crippen LogP contribution in [-0.4, -0.2) is 4.40 Å². The molecular weight excluding hydrogens is 374 g/mol. The number of aromatic nitrogens is 1. The molecule has 0 aliphatic heterocycles. The molecule has 2 aliphatic rings. The summed E-state index contributed by atoms with van der Waals surface area (Å²) < 4.78 is 2.42. The molecule has 0 atom stereocenters. The van der Waals surface area contributed by atoms with Crippen LogP contribution in [0.4, 0.5) is 0 Å². The lowest BCUT2D eigenvalue weighted by molar-refractivity contribution is 1.25. The maximum Gasteiger partial charge on any atom is 0.0615 e. The van der Waals surface area contributed by atoms with Crippen LogP contribution in [0.1, 0.15) is 22.3 Å². The minimum absolute atomic E-state index is 1.03. The Balaban J connectivity index is 1.58. The zero-order chi connectivity index (χ0) is 20.1. The van der Waals surface area contributed by atoms with Gasteiger partial charge in [0.05, 0.1) is 11.0 Å². The van der Waals surface area contributed by atoms with Gasteiger partial charge in [-0.2, -0.15) is 0 Å². The summed E-state index contributed by atoms with van der Waals surface area (Å²) in [5.74, 6) is 0. The molecular formula is C30H19N. The van der Waals surface area contributed by atoms with Crippen LogP contribution < -0.4 is 0 Å². The number of nitrogens with zero attached hydrogens (tertiary/aromatic N) is 1. The Morgan fingerprint density at radius 3 is 2.19 bits per heavy atom. The standard InChI is InChI=1S/C30H19N/c1-3-8-22-18(6-1)15-21-16-27-26(17-25(21)22)24-12-11-20-14-19-7-2-4-9-23(19)29(20)30(24)31-13-5-10-28(27)31/h1-13,16-17H,14-15H2. The van der Waals surface area contributed by atoms with Gasteiger partial charge < -0.3 is 4.40 Å². The van der Waals surface area contributed by atoms with E-state index < -0.39 is 0 Å². The number of hydrogen-bond donors (Lipinski definition) is 0. The maximum absolute atomic E-state index is 2.46. The molecule has 4 aromatic carbocycles. The molecule has 144 valence electrons. The van der Waals surface area contributed by atoms with E-state index >= 15 is 0 Å². The van der Waals surface area contributed by atoms with Crippen molar-refractivity contribution in [2.45, 2.75) is 12.8 Å². The zero-order valence-corrected chi connectivity index (χ0v) is 17.0. The van der Waals surface area contributed by atoms with Gasteiger partial charge in [-0.1, -0.05) is 60.7 Å². The minimum atomic E-state index is 1.03. The summed E-state index contributed by atoms with van der Waals surface area (Å²) in [5, 5.41) is 4.07. The van der Waals surface area contributed by atoms with Gasteiger partial charge in [-0.15, -0.1) is 0 Å². The van der Waals surface area contributed by atoms with E-state index in [1.807, 2.05) is 0 Å². The van der Waals surface area contributed by atoms with Crippen molar-refractivity contribution in [1.82, 2.24) is 4.40 Å². The van der Waals surface area contributed by atoms with Gasteiger partial charge in [-0.25, -0.2) is 0 Å². The van der Waals surface area contributed by atoms with E-state index in [0.29, 0.717) is 0 Å². The average Bonchev–Trinajstić information content (AvgIpc) is 3.52. The Kier molecular flexibility index (Phi) is 2.80. The topological polar surface area (TPSA) is 4.41 Å². The summed E-state index contributed by atoms with van der Waals surface area (Å²) in [7, 11) is 0. The van der Waals surface area contributed by atoms with E-state index in [1.165, 1.54) is 71.7 Å².